The summed E-state index contributed by atoms with van der Waals surface area (Å²) >= 11 is 1.90. The molecule has 0 aliphatic heterocycles. The highest BCUT2D eigenvalue weighted by atomic mass is 32.1. The Labute approximate surface area is 264 Å². The molecule has 6 aromatic carbocycles. The van der Waals surface area contributed by atoms with Crippen LogP contribution in [0, 0.1) is 0 Å². The number of aromatic nitrogens is 2. The van der Waals surface area contributed by atoms with Crippen molar-refractivity contribution in [3.63, 3.8) is 0 Å². The molecule has 45 heavy (non-hydrogen) atoms. The van der Waals surface area contributed by atoms with Gasteiger partial charge < -0.3 is 9.13 Å². The van der Waals surface area contributed by atoms with Crippen LogP contribution in [0.1, 0.15) is 17.7 Å². The number of para-hydroxylation sites is 3. The molecule has 0 spiro atoms. The van der Waals surface area contributed by atoms with Gasteiger partial charge in [0.2, 0.25) is 0 Å². The lowest BCUT2D eigenvalue weighted by Crippen LogP contribution is -2.05. The number of fused-ring (bicyclic) bond motifs is 9. The second-order valence-corrected chi connectivity index (χ2v) is 13.1. The Balaban J connectivity index is 1.34. The molecule has 0 radical (unpaired) electrons. The van der Waals surface area contributed by atoms with Crippen LogP contribution in [-0.4, -0.2) is 9.13 Å². The SMILES string of the molecule is C1=Cc2c(n(-c3cc(-c4cccc5c4sc4ccccc45)cc(-n4c5ccccc5c5ccccc54)c3)c3ccccc23)CC1. The lowest BCUT2D eigenvalue weighted by molar-refractivity contribution is 0.888. The highest BCUT2D eigenvalue weighted by molar-refractivity contribution is 7.26. The molecule has 3 aromatic heterocycles. The summed E-state index contributed by atoms with van der Waals surface area (Å²) < 4.78 is 7.66. The zero-order valence-corrected chi connectivity index (χ0v) is 25.4. The second-order valence-electron chi connectivity index (χ2n) is 12.0. The van der Waals surface area contributed by atoms with Gasteiger partial charge in [-0.2, -0.15) is 0 Å². The molecule has 2 nitrogen and oxygen atoms in total. The summed E-state index contributed by atoms with van der Waals surface area (Å²) in [4.78, 5) is 0. The fraction of sp³-hybridized carbons (Fsp3) is 0.0476. The first-order valence-electron chi connectivity index (χ1n) is 15.7. The number of hydrogen-bond donors (Lipinski definition) is 0. The van der Waals surface area contributed by atoms with E-state index in [1.165, 1.54) is 86.6 Å². The van der Waals surface area contributed by atoms with Crippen molar-refractivity contribution < 1.29 is 0 Å². The molecule has 1 aliphatic carbocycles. The van der Waals surface area contributed by atoms with Gasteiger partial charge in [0.25, 0.3) is 0 Å². The monoisotopic (exact) mass is 592 g/mol. The Morgan fingerprint density at radius 2 is 1.11 bits per heavy atom. The van der Waals surface area contributed by atoms with E-state index in [1.807, 2.05) is 11.3 Å². The molecule has 0 atom stereocenters. The third kappa shape index (κ3) is 3.62. The highest BCUT2D eigenvalue weighted by Gasteiger charge is 2.21. The normalized spacial score (nSPS) is 13.1. The molecule has 0 amide bonds. The zero-order valence-electron chi connectivity index (χ0n) is 24.6. The fourth-order valence-electron chi connectivity index (χ4n) is 7.65. The largest absolute Gasteiger partial charge is 0.313 e. The first-order chi connectivity index (χ1) is 22.3. The quantitative estimate of drug-likeness (QED) is 0.193. The van der Waals surface area contributed by atoms with Gasteiger partial charge in [-0.15, -0.1) is 11.3 Å². The number of allylic oxidation sites excluding steroid dienone is 1. The average Bonchev–Trinajstić information content (AvgIpc) is 3.76. The Kier molecular flexibility index (Phi) is 5.31. The Morgan fingerprint density at radius 1 is 0.511 bits per heavy atom. The van der Waals surface area contributed by atoms with Crippen molar-refractivity contribution >= 4 is 70.3 Å². The van der Waals surface area contributed by atoms with Crippen LogP contribution >= 0.6 is 11.3 Å². The van der Waals surface area contributed by atoms with Crippen LogP contribution < -0.4 is 0 Å². The molecule has 0 bridgehead atoms. The molecule has 3 heterocycles. The zero-order chi connectivity index (χ0) is 29.5. The van der Waals surface area contributed by atoms with Crippen LogP contribution in [-0.2, 0) is 6.42 Å². The summed E-state index contributed by atoms with van der Waals surface area (Å²) in [5, 5.41) is 6.53. The minimum atomic E-state index is 1.03. The summed E-state index contributed by atoms with van der Waals surface area (Å²) in [5.74, 6) is 0. The first-order valence-corrected chi connectivity index (χ1v) is 16.5. The van der Waals surface area contributed by atoms with Gasteiger partial charge in [0.15, 0.2) is 0 Å². The van der Waals surface area contributed by atoms with Crippen LogP contribution in [0.15, 0.2) is 140 Å². The van der Waals surface area contributed by atoms with E-state index in [-0.39, 0.29) is 0 Å². The van der Waals surface area contributed by atoms with Crippen LogP contribution in [0.4, 0.5) is 0 Å². The Morgan fingerprint density at radius 3 is 1.87 bits per heavy atom. The number of rotatable bonds is 3. The third-order valence-corrected chi connectivity index (χ3v) is 10.8. The van der Waals surface area contributed by atoms with E-state index in [4.69, 9.17) is 0 Å². The molecule has 0 saturated heterocycles. The predicted molar refractivity (Wildman–Crippen MR) is 193 cm³/mol. The van der Waals surface area contributed by atoms with Crippen molar-refractivity contribution in [1.29, 1.82) is 0 Å². The summed E-state index contributed by atoms with van der Waals surface area (Å²) in [5.41, 5.74) is 11.4. The van der Waals surface area contributed by atoms with Crippen molar-refractivity contribution in [3.05, 3.63) is 151 Å². The Bertz CT molecular complexity index is 2610. The van der Waals surface area contributed by atoms with E-state index in [0.29, 0.717) is 0 Å². The van der Waals surface area contributed by atoms with E-state index in [2.05, 4.69) is 155 Å². The summed E-state index contributed by atoms with van der Waals surface area (Å²) in [6.45, 7) is 0. The van der Waals surface area contributed by atoms with Crippen LogP contribution in [0.2, 0.25) is 0 Å². The van der Waals surface area contributed by atoms with E-state index in [1.54, 1.807) is 0 Å². The number of hydrogen-bond acceptors (Lipinski definition) is 1. The van der Waals surface area contributed by atoms with Crippen LogP contribution in [0.3, 0.4) is 0 Å². The van der Waals surface area contributed by atoms with E-state index >= 15 is 0 Å². The van der Waals surface area contributed by atoms with Gasteiger partial charge in [0, 0.05) is 59.0 Å². The van der Waals surface area contributed by atoms with Crippen LogP contribution in [0.25, 0.3) is 81.5 Å². The maximum atomic E-state index is 2.53. The average molecular weight is 593 g/mol. The highest BCUT2D eigenvalue weighted by Crippen LogP contribution is 2.43. The minimum Gasteiger partial charge on any atom is -0.313 e. The number of benzene rings is 6. The molecule has 0 fully saturated rings. The third-order valence-electron chi connectivity index (χ3n) is 9.56. The minimum absolute atomic E-state index is 1.03. The van der Waals surface area contributed by atoms with Gasteiger partial charge in [-0.05, 0) is 66.4 Å². The maximum Gasteiger partial charge on any atom is 0.0541 e. The summed E-state index contributed by atoms with van der Waals surface area (Å²) in [6.07, 6.45) is 6.74. The number of thiophene rings is 1. The van der Waals surface area contributed by atoms with E-state index in [9.17, 15) is 0 Å². The first kappa shape index (κ1) is 25.0. The molecular weight excluding hydrogens is 565 g/mol. The standard InChI is InChI=1S/C42H28N2S/c1-6-19-37-31(12-1)32-13-2-7-20-38(32)43(37)28-24-27(30-17-11-18-36-35-16-5-10-23-41(35)45-42(30)36)25-29(26-28)44-39-21-8-3-14-33(39)34-15-4-9-22-40(34)44/h1-8,10-21,23-26H,9,22H2. The lowest BCUT2D eigenvalue weighted by atomic mass is 10.0. The molecule has 212 valence electrons. The molecule has 10 rings (SSSR count). The van der Waals surface area contributed by atoms with Gasteiger partial charge in [-0.3, -0.25) is 0 Å². The summed E-state index contributed by atoms with van der Waals surface area (Å²) in [6, 6.07) is 49.3. The smallest absolute Gasteiger partial charge is 0.0541 e. The van der Waals surface area contributed by atoms with E-state index in [0.717, 1.165) is 12.8 Å². The molecule has 0 N–H and O–H groups in total. The molecule has 3 heteroatoms. The predicted octanol–water partition coefficient (Wildman–Crippen LogP) is 11.7. The van der Waals surface area contributed by atoms with Crippen molar-refractivity contribution in [2.24, 2.45) is 0 Å². The molecule has 9 aromatic rings. The summed E-state index contributed by atoms with van der Waals surface area (Å²) in [7, 11) is 0. The maximum absolute atomic E-state index is 2.53. The van der Waals surface area contributed by atoms with Gasteiger partial charge in [0.1, 0.15) is 0 Å². The topological polar surface area (TPSA) is 9.86 Å². The van der Waals surface area contributed by atoms with Crippen molar-refractivity contribution in [2.45, 2.75) is 12.8 Å². The molecule has 1 aliphatic rings. The van der Waals surface area contributed by atoms with E-state index < -0.39 is 0 Å². The molecule has 0 unspecified atom stereocenters. The van der Waals surface area contributed by atoms with Crippen molar-refractivity contribution in [3.8, 4) is 22.5 Å². The van der Waals surface area contributed by atoms with Gasteiger partial charge >= 0.3 is 0 Å². The van der Waals surface area contributed by atoms with Crippen molar-refractivity contribution in [1.82, 2.24) is 9.13 Å². The lowest BCUT2D eigenvalue weighted by Gasteiger charge is -2.18. The van der Waals surface area contributed by atoms with Crippen LogP contribution in [0.5, 0.6) is 0 Å². The van der Waals surface area contributed by atoms with Crippen molar-refractivity contribution in [2.75, 3.05) is 0 Å². The second kappa shape index (κ2) is 9.56. The fourth-order valence-corrected chi connectivity index (χ4v) is 8.89. The molecular formula is C42H28N2S. The number of nitrogens with zero attached hydrogens (tertiary/aromatic N) is 2. The molecule has 0 saturated carbocycles. The van der Waals surface area contributed by atoms with Gasteiger partial charge in [0.05, 0.1) is 16.6 Å². The van der Waals surface area contributed by atoms with Gasteiger partial charge in [-0.1, -0.05) is 103 Å². The Hall–Kier alpha value is -5.38. The van der Waals surface area contributed by atoms with Gasteiger partial charge in [-0.25, -0.2) is 0 Å².